The first-order valence-corrected chi connectivity index (χ1v) is 10.6. The highest BCUT2D eigenvalue weighted by atomic mass is 79.9. The molecule has 1 aliphatic rings. The topological polar surface area (TPSA) is 63.0 Å². The van der Waals surface area contributed by atoms with Crippen LogP contribution < -0.4 is 15.3 Å². The molecule has 156 valence electrons. The normalized spacial score (nSPS) is 14.3. The van der Waals surface area contributed by atoms with Crippen molar-refractivity contribution >= 4 is 38.5 Å². The zero-order valence-corrected chi connectivity index (χ0v) is 18.8. The van der Waals surface area contributed by atoms with Gasteiger partial charge < -0.3 is 19.0 Å². The molecule has 1 fully saturated rings. The summed E-state index contributed by atoms with van der Waals surface area (Å²) < 4.78 is 11.5. The van der Waals surface area contributed by atoms with Crippen LogP contribution in [-0.2, 0) is 0 Å². The third-order valence-electron chi connectivity index (χ3n) is 5.64. The van der Waals surface area contributed by atoms with Crippen molar-refractivity contribution in [2.45, 2.75) is 13.8 Å². The van der Waals surface area contributed by atoms with Gasteiger partial charge in [-0.2, -0.15) is 0 Å². The Morgan fingerprint density at radius 2 is 1.77 bits per heavy atom. The fourth-order valence-corrected chi connectivity index (χ4v) is 4.18. The Morgan fingerprint density at radius 1 is 1.03 bits per heavy atom. The Bertz CT molecular complexity index is 1180. The van der Waals surface area contributed by atoms with Crippen LogP contribution in [0.1, 0.15) is 21.5 Å². The van der Waals surface area contributed by atoms with Gasteiger partial charge in [0.05, 0.1) is 7.11 Å². The molecule has 0 unspecified atom stereocenters. The van der Waals surface area contributed by atoms with E-state index in [0.717, 1.165) is 10.2 Å². The van der Waals surface area contributed by atoms with Crippen molar-refractivity contribution in [2.24, 2.45) is 0 Å². The number of fused-ring (bicyclic) bond motifs is 1. The van der Waals surface area contributed by atoms with Crippen molar-refractivity contribution in [1.29, 1.82) is 0 Å². The van der Waals surface area contributed by atoms with Crippen LogP contribution in [0.3, 0.4) is 0 Å². The molecule has 6 nitrogen and oxygen atoms in total. The summed E-state index contributed by atoms with van der Waals surface area (Å²) in [5, 5.41) is 0.637. The molecule has 0 radical (unpaired) electrons. The quantitative estimate of drug-likeness (QED) is 0.538. The van der Waals surface area contributed by atoms with Crippen LogP contribution in [-0.4, -0.2) is 44.1 Å². The Kier molecular flexibility index (Phi) is 5.56. The molecule has 2 heterocycles. The molecule has 0 atom stereocenters. The smallest absolute Gasteiger partial charge is 0.349 e. The second-order valence-corrected chi connectivity index (χ2v) is 8.44. The lowest BCUT2D eigenvalue weighted by molar-refractivity contribution is 0.0742. The third kappa shape index (κ3) is 3.81. The van der Waals surface area contributed by atoms with Crippen molar-refractivity contribution in [3.05, 3.63) is 68.0 Å². The molecule has 2 aromatic carbocycles. The highest BCUT2D eigenvalue weighted by Crippen LogP contribution is 2.30. The SMILES string of the molecule is COc1cc(Br)cc2cc(C(=O)N3CCN(c4ccc(C)c(C)c4)CC3)c(=O)oc12. The number of piperazine rings is 1. The van der Waals surface area contributed by atoms with Gasteiger partial charge >= 0.3 is 5.63 Å². The van der Waals surface area contributed by atoms with Crippen LogP contribution in [0, 0.1) is 13.8 Å². The fraction of sp³-hybridized carbons (Fsp3) is 0.304. The number of hydrogen-bond donors (Lipinski definition) is 0. The second-order valence-electron chi connectivity index (χ2n) is 7.52. The predicted molar refractivity (Wildman–Crippen MR) is 121 cm³/mol. The maximum atomic E-state index is 13.1. The van der Waals surface area contributed by atoms with Crippen molar-refractivity contribution < 1.29 is 13.9 Å². The Morgan fingerprint density at radius 3 is 2.43 bits per heavy atom. The number of carbonyl (C=O) groups excluding carboxylic acids is 1. The number of amides is 1. The van der Waals surface area contributed by atoms with Gasteiger partial charge in [0.2, 0.25) is 0 Å². The van der Waals surface area contributed by atoms with E-state index in [0.29, 0.717) is 42.9 Å². The summed E-state index contributed by atoms with van der Waals surface area (Å²) in [6.45, 7) is 6.72. The van der Waals surface area contributed by atoms with E-state index >= 15 is 0 Å². The van der Waals surface area contributed by atoms with Crippen LogP contribution in [0.2, 0.25) is 0 Å². The van der Waals surface area contributed by atoms with Crippen molar-refractivity contribution in [3.63, 3.8) is 0 Å². The molecular formula is C23H23BrN2O4. The van der Waals surface area contributed by atoms with E-state index in [1.165, 1.54) is 18.2 Å². The van der Waals surface area contributed by atoms with Crippen molar-refractivity contribution in [3.8, 4) is 5.75 Å². The molecular weight excluding hydrogens is 448 g/mol. The fourth-order valence-electron chi connectivity index (χ4n) is 3.73. The van der Waals surface area contributed by atoms with Gasteiger partial charge in [-0.3, -0.25) is 4.79 Å². The van der Waals surface area contributed by atoms with E-state index in [4.69, 9.17) is 9.15 Å². The molecule has 4 rings (SSSR count). The number of nitrogens with zero attached hydrogens (tertiary/aromatic N) is 2. The van der Waals surface area contributed by atoms with E-state index in [9.17, 15) is 9.59 Å². The molecule has 30 heavy (non-hydrogen) atoms. The van der Waals surface area contributed by atoms with Gasteiger partial charge in [0.1, 0.15) is 5.56 Å². The van der Waals surface area contributed by atoms with Crippen molar-refractivity contribution in [2.75, 3.05) is 38.2 Å². The highest BCUT2D eigenvalue weighted by Gasteiger charge is 2.25. The van der Waals surface area contributed by atoms with Crippen LogP contribution in [0.25, 0.3) is 11.0 Å². The highest BCUT2D eigenvalue weighted by molar-refractivity contribution is 9.10. The summed E-state index contributed by atoms with van der Waals surface area (Å²) in [4.78, 5) is 29.6. The minimum Gasteiger partial charge on any atom is -0.493 e. The lowest BCUT2D eigenvalue weighted by Gasteiger charge is -2.36. The number of methoxy groups -OCH3 is 1. The van der Waals surface area contributed by atoms with Gasteiger partial charge in [-0.1, -0.05) is 22.0 Å². The monoisotopic (exact) mass is 470 g/mol. The molecule has 0 bridgehead atoms. The average molecular weight is 471 g/mol. The molecule has 1 saturated heterocycles. The number of carbonyl (C=O) groups is 1. The summed E-state index contributed by atoms with van der Waals surface area (Å²) in [6.07, 6.45) is 0. The van der Waals surface area contributed by atoms with E-state index in [-0.39, 0.29) is 11.5 Å². The minimum atomic E-state index is -0.648. The van der Waals surface area contributed by atoms with E-state index in [1.54, 1.807) is 23.1 Å². The van der Waals surface area contributed by atoms with Gasteiger partial charge in [-0.25, -0.2) is 4.79 Å². The number of ether oxygens (including phenoxy) is 1. The molecule has 1 amide bonds. The summed E-state index contributed by atoms with van der Waals surface area (Å²) in [7, 11) is 1.51. The molecule has 1 aromatic heterocycles. The average Bonchev–Trinajstić information content (AvgIpc) is 2.74. The number of anilines is 1. The molecule has 1 aliphatic heterocycles. The summed E-state index contributed by atoms with van der Waals surface area (Å²) >= 11 is 3.42. The third-order valence-corrected chi connectivity index (χ3v) is 6.09. The van der Waals surface area contributed by atoms with Crippen LogP contribution >= 0.6 is 15.9 Å². The minimum absolute atomic E-state index is 0.0438. The lowest BCUT2D eigenvalue weighted by atomic mass is 10.1. The summed E-state index contributed by atoms with van der Waals surface area (Å²) in [5.74, 6) is 0.141. The van der Waals surface area contributed by atoms with Crippen LogP contribution in [0.5, 0.6) is 5.75 Å². The van der Waals surface area contributed by atoms with E-state index < -0.39 is 5.63 Å². The summed E-state index contributed by atoms with van der Waals surface area (Å²) in [6, 6.07) is 11.5. The maximum absolute atomic E-state index is 13.1. The molecule has 0 saturated carbocycles. The summed E-state index contributed by atoms with van der Waals surface area (Å²) in [5.41, 5.74) is 3.40. The van der Waals surface area contributed by atoms with Gasteiger partial charge in [0, 0.05) is 41.7 Å². The zero-order valence-electron chi connectivity index (χ0n) is 17.2. The van der Waals surface area contributed by atoms with Crippen LogP contribution in [0.4, 0.5) is 5.69 Å². The Balaban J connectivity index is 1.55. The molecule has 7 heteroatoms. The Labute approximate surface area is 183 Å². The van der Waals surface area contributed by atoms with E-state index in [1.807, 2.05) is 0 Å². The second kappa shape index (κ2) is 8.14. The lowest BCUT2D eigenvalue weighted by Crippen LogP contribution is -2.49. The van der Waals surface area contributed by atoms with E-state index in [2.05, 4.69) is 52.9 Å². The molecule has 0 spiro atoms. The van der Waals surface area contributed by atoms with Gasteiger partial charge in [-0.05, 0) is 55.3 Å². The first kappa shape index (κ1) is 20.5. The van der Waals surface area contributed by atoms with Crippen LogP contribution in [0.15, 0.2) is 50.1 Å². The van der Waals surface area contributed by atoms with Gasteiger partial charge in [0.15, 0.2) is 11.3 Å². The first-order valence-electron chi connectivity index (χ1n) is 9.80. The Hall–Kier alpha value is -2.80. The maximum Gasteiger partial charge on any atom is 0.349 e. The predicted octanol–water partition coefficient (Wildman–Crippen LogP) is 4.14. The molecule has 0 aliphatic carbocycles. The number of benzene rings is 2. The molecule has 3 aromatic rings. The number of hydrogen-bond acceptors (Lipinski definition) is 5. The van der Waals surface area contributed by atoms with Gasteiger partial charge in [-0.15, -0.1) is 0 Å². The van der Waals surface area contributed by atoms with Crippen molar-refractivity contribution in [1.82, 2.24) is 4.90 Å². The molecule has 0 N–H and O–H groups in total. The largest absolute Gasteiger partial charge is 0.493 e. The first-order chi connectivity index (χ1) is 14.4. The number of aryl methyl sites for hydroxylation is 2. The number of halogens is 1. The number of rotatable bonds is 3. The zero-order chi connectivity index (χ0) is 21.4. The van der Waals surface area contributed by atoms with Gasteiger partial charge in [0.25, 0.3) is 5.91 Å². The standard InChI is InChI=1S/C23H23BrN2O4/c1-14-4-5-18(10-15(14)2)25-6-8-26(9-7-25)22(27)19-12-16-11-17(24)13-20(29-3)21(16)30-23(19)28/h4-5,10-13H,6-9H2,1-3H3.